The summed E-state index contributed by atoms with van der Waals surface area (Å²) in [5.41, 5.74) is 2.11. The molecule has 0 spiro atoms. The number of piperidine rings is 1. The van der Waals surface area contributed by atoms with Crippen molar-refractivity contribution in [2.75, 3.05) is 32.0 Å². The molecule has 2 saturated heterocycles. The van der Waals surface area contributed by atoms with Crippen LogP contribution in [0.5, 0.6) is 0 Å². The predicted octanol–water partition coefficient (Wildman–Crippen LogP) is 2.93. The van der Waals surface area contributed by atoms with Crippen molar-refractivity contribution in [3.8, 4) is 0 Å². The fourth-order valence-electron chi connectivity index (χ4n) is 5.35. The number of hydrogen-bond donors (Lipinski definition) is 2. The number of aryl methyl sites for hydroxylation is 1. The Labute approximate surface area is 190 Å². The summed E-state index contributed by atoms with van der Waals surface area (Å²) in [4.78, 5) is 29.7. The number of likely N-dealkylation sites (tertiary alicyclic amines) is 2. The fraction of sp³-hybridized carbons (Fsp3) is 0.542. The normalized spacial score (nSPS) is 21.1. The van der Waals surface area contributed by atoms with E-state index in [1.54, 1.807) is 25.0 Å². The highest BCUT2D eigenvalue weighted by atomic mass is 16.2. The molecule has 4 rings (SSSR count). The van der Waals surface area contributed by atoms with Crippen LogP contribution in [0.25, 0.3) is 0 Å². The van der Waals surface area contributed by atoms with Crippen LogP contribution in [-0.2, 0) is 13.6 Å². The molecule has 1 aromatic heterocycles. The van der Waals surface area contributed by atoms with Gasteiger partial charge in [-0.25, -0.2) is 4.79 Å². The molecule has 3 heterocycles. The van der Waals surface area contributed by atoms with Gasteiger partial charge in [0.15, 0.2) is 5.69 Å². The first-order valence-electron chi connectivity index (χ1n) is 11.4. The number of carbonyl (C=O) groups excluding carboxylic acids is 2. The van der Waals surface area contributed by atoms with Crippen LogP contribution in [0.2, 0.25) is 0 Å². The Bertz CT molecular complexity index is 962. The van der Waals surface area contributed by atoms with Crippen LogP contribution < -0.4 is 10.6 Å². The summed E-state index contributed by atoms with van der Waals surface area (Å²) in [6.45, 7) is 8.28. The molecule has 0 radical (unpaired) electrons. The standard InChI is InChI=1S/C24H34N6O2/c1-24(2)16-30(23(32)26-19-15-28(4)27-20(19)22(31)25-3)21(24)18-10-12-29(13-11-18)14-17-8-6-5-7-9-17/h5-9,15,18,21H,10-14,16H2,1-4H3,(H,25,31)(H,26,32). The Hall–Kier alpha value is -2.87. The summed E-state index contributed by atoms with van der Waals surface area (Å²) < 4.78 is 1.54. The zero-order chi connectivity index (χ0) is 22.9. The van der Waals surface area contributed by atoms with Gasteiger partial charge in [-0.05, 0) is 37.4 Å². The number of nitrogens with one attached hydrogen (secondary N) is 2. The van der Waals surface area contributed by atoms with Gasteiger partial charge >= 0.3 is 6.03 Å². The zero-order valence-corrected chi connectivity index (χ0v) is 19.5. The van der Waals surface area contributed by atoms with Crippen molar-refractivity contribution in [3.63, 3.8) is 0 Å². The summed E-state index contributed by atoms with van der Waals surface area (Å²) in [5.74, 6) is 0.163. The van der Waals surface area contributed by atoms with Crippen molar-refractivity contribution < 1.29 is 9.59 Å². The van der Waals surface area contributed by atoms with E-state index in [2.05, 4.69) is 64.8 Å². The number of aromatic nitrogens is 2. The summed E-state index contributed by atoms with van der Waals surface area (Å²) in [7, 11) is 3.29. The Balaban J connectivity index is 1.39. The molecule has 0 bridgehead atoms. The predicted molar refractivity (Wildman–Crippen MR) is 124 cm³/mol. The molecule has 32 heavy (non-hydrogen) atoms. The van der Waals surface area contributed by atoms with Crippen molar-refractivity contribution in [2.45, 2.75) is 39.3 Å². The van der Waals surface area contributed by atoms with E-state index in [1.807, 2.05) is 4.90 Å². The molecule has 172 valence electrons. The third-order valence-electron chi connectivity index (χ3n) is 6.82. The van der Waals surface area contributed by atoms with Crippen molar-refractivity contribution in [1.29, 1.82) is 0 Å². The largest absolute Gasteiger partial charge is 0.354 e. The Morgan fingerprint density at radius 1 is 1.16 bits per heavy atom. The number of nitrogens with zero attached hydrogens (tertiary/aromatic N) is 4. The molecule has 2 aliphatic heterocycles. The number of rotatable bonds is 5. The topological polar surface area (TPSA) is 82.5 Å². The number of hydrogen-bond acceptors (Lipinski definition) is 4. The second-order valence-corrected chi connectivity index (χ2v) is 9.73. The van der Waals surface area contributed by atoms with Crippen molar-refractivity contribution in [2.24, 2.45) is 18.4 Å². The van der Waals surface area contributed by atoms with Crippen LogP contribution in [0.3, 0.4) is 0 Å². The minimum Gasteiger partial charge on any atom is -0.354 e. The van der Waals surface area contributed by atoms with Crippen LogP contribution >= 0.6 is 0 Å². The lowest BCUT2D eigenvalue weighted by Crippen LogP contribution is -2.68. The molecule has 1 aromatic carbocycles. The van der Waals surface area contributed by atoms with Crippen molar-refractivity contribution in [3.05, 3.63) is 47.8 Å². The van der Waals surface area contributed by atoms with Crippen LogP contribution in [0.15, 0.2) is 36.5 Å². The molecule has 8 nitrogen and oxygen atoms in total. The summed E-state index contributed by atoms with van der Waals surface area (Å²) in [6, 6.07) is 10.6. The smallest absolute Gasteiger partial charge is 0.322 e. The second kappa shape index (κ2) is 8.94. The van der Waals surface area contributed by atoms with Crippen molar-refractivity contribution >= 4 is 17.6 Å². The molecular weight excluding hydrogens is 404 g/mol. The average Bonchev–Trinajstić information content (AvgIpc) is 3.13. The van der Waals surface area contributed by atoms with E-state index in [0.717, 1.165) is 32.5 Å². The summed E-state index contributed by atoms with van der Waals surface area (Å²) in [5, 5.41) is 9.69. The molecule has 1 atom stereocenters. The lowest BCUT2D eigenvalue weighted by Gasteiger charge is -2.58. The van der Waals surface area contributed by atoms with Crippen molar-refractivity contribution in [1.82, 2.24) is 24.9 Å². The van der Waals surface area contributed by atoms with Crippen LogP contribution in [-0.4, -0.2) is 64.2 Å². The molecule has 2 N–H and O–H groups in total. The monoisotopic (exact) mass is 438 g/mol. The first kappa shape index (κ1) is 22.3. The Morgan fingerprint density at radius 2 is 1.84 bits per heavy atom. The maximum Gasteiger partial charge on any atom is 0.322 e. The molecule has 2 fully saturated rings. The molecule has 8 heteroatoms. The van der Waals surface area contributed by atoms with E-state index in [0.29, 0.717) is 18.2 Å². The number of urea groups is 1. The fourth-order valence-corrected chi connectivity index (χ4v) is 5.35. The number of benzene rings is 1. The van der Waals surface area contributed by atoms with E-state index in [-0.39, 0.29) is 29.1 Å². The Kier molecular flexibility index (Phi) is 6.24. The van der Waals surface area contributed by atoms with E-state index in [9.17, 15) is 9.59 Å². The Morgan fingerprint density at radius 3 is 2.47 bits per heavy atom. The number of anilines is 1. The van der Waals surface area contributed by atoms with Gasteiger partial charge in [0.05, 0.1) is 5.69 Å². The SMILES string of the molecule is CNC(=O)c1nn(C)cc1NC(=O)N1CC(C)(C)C1C1CCN(Cc2ccccc2)CC1. The second-order valence-electron chi connectivity index (χ2n) is 9.73. The maximum absolute atomic E-state index is 13.1. The highest BCUT2D eigenvalue weighted by Gasteiger charge is 2.52. The third-order valence-corrected chi connectivity index (χ3v) is 6.82. The number of amides is 3. The van der Waals surface area contributed by atoms with Crippen LogP contribution in [0.4, 0.5) is 10.5 Å². The van der Waals surface area contributed by atoms with Gasteiger partial charge < -0.3 is 15.5 Å². The molecule has 0 aliphatic carbocycles. The molecule has 1 unspecified atom stereocenters. The molecule has 2 aromatic rings. The van der Waals surface area contributed by atoms with Gasteiger partial charge in [0, 0.05) is 44.8 Å². The lowest BCUT2D eigenvalue weighted by atomic mass is 9.67. The highest BCUT2D eigenvalue weighted by Crippen LogP contribution is 2.44. The van der Waals surface area contributed by atoms with E-state index < -0.39 is 0 Å². The van der Waals surface area contributed by atoms with Gasteiger partial charge in [0.25, 0.3) is 5.91 Å². The number of carbonyl (C=O) groups is 2. The maximum atomic E-state index is 13.1. The zero-order valence-electron chi connectivity index (χ0n) is 19.5. The van der Waals surface area contributed by atoms with E-state index in [4.69, 9.17) is 0 Å². The van der Waals surface area contributed by atoms with E-state index in [1.165, 1.54) is 5.56 Å². The van der Waals surface area contributed by atoms with Gasteiger partial charge in [-0.3, -0.25) is 14.4 Å². The van der Waals surface area contributed by atoms with Gasteiger partial charge in [-0.2, -0.15) is 5.10 Å². The first-order valence-corrected chi connectivity index (χ1v) is 11.4. The van der Waals surface area contributed by atoms with Gasteiger partial charge in [-0.15, -0.1) is 0 Å². The van der Waals surface area contributed by atoms with Crippen LogP contribution in [0.1, 0.15) is 42.7 Å². The molecule has 2 aliphatic rings. The quantitative estimate of drug-likeness (QED) is 0.752. The van der Waals surface area contributed by atoms with Gasteiger partial charge in [-0.1, -0.05) is 44.2 Å². The van der Waals surface area contributed by atoms with E-state index >= 15 is 0 Å². The summed E-state index contributed by atoms with van der Waals surface area (Å²) in [6.07, 6.45) is 3.84. The average molecular weight is 439 g/mol. The summed E-state index contributed by atoms with van der Waals surface area (Å²) >= 11 is 0. The molecular formula is C24H34N6O2. The first-order chi connectivity index (χ1) is 15.3. The lowest BCUT2D eigenvalue weighted by molar-refractivity contribution is -0.0600. The molecule has 0 saturated carbocycles. The molecule has 3 amide bonds. The van der Waals surface area contributed by atoms with Gasteiger partial charge in [0.1, 0.15) is 0 Å². The highest BCUT2D eigenvalue weighted by molar-refractivity contribution is 6.01. The minimum absolute atomic E-state index is 0.0855. The minimum atomic E-state index is -0.313. The third kappa shape index (κ3) is 4.50. The van der Waals surface area contributed by atoms with Gasteiger partial charge in [0.2, 0.25) is 0 Å². The van der Waals surface area contributed by atoms with Crippen LogP contribution in [0, 0.1) is 11.3 Å².